The fourth-order valence-electron chi connectivity index (χ4n) is 2.23. The molecule has 0 fully saturated rings. The Bertz CT molecular complexity index is 880. The first-order chi connectivity index (χ1) is 10.7. The molecular formula is C17H20O4S2. The zero-order chi connectivity index (χ0) is 17.1. The summed E-state index contributed by atoms with van der Waals surface area (Å²) in [5.41, 5.74) is 1.84. The Morgan fingerprint density at radius 3 is 1.83 bits per heavy atom. The quantitative estimate of drug-likeness (QED) is 0.801. The Hall–Kier alpha value is -1.66. The van der Waals surface area contributed by atoms with Crippen molar-refractivity contribution < 1.29 is 16.8 Å². The van der Waals surface area contributed by atoms with Crippen LogP contribution in [0.15, 0.2) is 58.3 Å². The predicted molar refractivity (Wildman–Crippen MR) is 91.1 cm³/mol. The summed E-state index contributed by atoms with van der Waals surface area (Å²) in [5.74, 6) is -0.358. The molecular weight excluding hydrogens is 332 g/mol. The molecule has 0 bridgehead atoms. The van der Waals surface area contributed by atoms with Gasteiger partial charge in [0.2, 0.25) is 0 Å². The van der Waals surface area contributed by atoms with Crippen LogP contribution in [0.5, 0.6) is 0 Å². The van der Waals surface area contributed by atoms with Crippen molar-refractivity contribution in [1.82, 2.24) is 0 Å². The molecule has 4 nitrogen and oxygen atoms in total. The Morgan fingerprint density at radius 2 is 1.26 bits per heavy atom. The average Bonchev–Trinajstić information content (AvgIpc) is 2.47. The molecule has 0 spiro atoms. The first-order valence-electron chi connectivity index (χ1n) is 7.29. The molecule has 0 aliphatic rings. The van der Waals surface area contributed by atoms with Gasteiger partial charge >= 0.3 is 0 Å². The van der Waals surface area contributed by atoms with Crippen LogP contribution in [0.4, 0.5) is 0 Å². The minimum absolute atomic E-state index is 0.0759. The lowest BCUT2D eigenvalue weighted by Gasteiger charge is -2.07. The van der Waals surface area contributed by atoms with Crippen LogP contribution in [0.1, 0.15) is 17.5 Å². The van der Waals surface area contributed by atoms with E-state index in [1.54, 1.807) is 36.4 Å². The number of sulfone groups is 2. The largest absolute Gasteiger partial charge is 0.224 e. The highest BCUT2D eigenvalue weighted by atomic mass is 32.2. The van der Waals surface area contributed by atoms with E-state index >= 15 is 0 Å². The van der Waals surface area contributed by atoms with E-state index in [0.717, 1.165) is 11.1 Å². The van der Waals surface area contributed by atoms with Crippen molar-refractivity contribution in [3.8, 4) is 0 Å². The summed E-state index contributed by atoms with van der Waals surface area (Å²) in [6, 6.07) is 13.2. The molecule has 0 aliphatic carbocycles. The van der Waals surface area contributed by atoms with Gasteiger partial charge in [-0.1, -0.05) is 29.8 Å². The maximum atomic E-state index is 12.3. The van der Waals surface area contributed by atoms with Gasteiger partial charge in [-0.15, -0.1) is 0 Å². The minimum Gasteiger partial charge on any atom is -0.224 e. The lowest BCUT2D eigenvalue weighted by atomic mass is 10.2. The first kappa shape index (κ1) is 17.7. The molecule has 0 aromatic heterocycles. The van der Waals surface area contributed by atoms with E-state index in [-0.39, 0.29) is 27.7 Å². The molecule has 0 amide bonds. The third-order valence-electron chi connectivity index (χ3n) is 3.55. The smallest absolute Gasteiger partial charge is 0.178 e. The molecule has 0 saturated carbocycles. The molecule has 2 rings (SSSR count). The van der Waals surface area contributed by atoms with Crippen molar-refractivity contribution >= 4 is 19.7 Å². The Balaban J connectivity index is 2.05. The summed E-state index contributed by atoms with van der Waals surface area (Å²) in [5, 5.41) is 0. The summed E-state index contributed by atoms with van der Waals surface area (Å²) in [6.07, 6.45) is 0.0759. The zero-order valence-electron chi connectivity index (χ0n) is 13.2. The van der Waals surface area contributed by atoms with Gasteiger partial charge in [-0.2, -0.15) is 0 Å². The highest BCUT2D eigenvalue weighted by Crippen LogP contribution is 2.16. The van der Waals surface area contributed by atoms with Gasteiger partial charge in [0.05, 0.1) is 21.3 Å². The third kappa shape index (κ3) is 4.65. The molecule has 23 heavy (non-hydrogen) atoms. The molecule has 6 heteroatoms. The van der Waals surface area contributed by atoms with Crippen molar-refractivity contribution in [2.24, 2.45) is 0 Å². The maximum absolute atomic E-state index is 12.3. The molecule has 0 heterocycles. The maximum Gasteiger partial charge on any atom is 0.178 e. The summed E-state index contributed by atoms with van der Waals surface area (Å²) >= 11 is 0. The summed E-state index contributed by atoms with van der Waals surface area (Å²) in [6.45, 7) is 3.70. The molecule has 0 unspecified atom stereocenters. The second-order valence-electron chi connectivity index (χ2n) is 5.62. The van der Waals surface area contributed by atoms with Crippen LogP contribution in [-0.2, 0) is 19.7 Å². The Kier molecular flexibility index (Phi) is 5.26. The van der Waals surface area contributed by atoms with E-state index < -0.39 is 19.7 Å². The van der Waals surface area contributed by atoms with E-state index in [4.69, 9.17) is 0 Å². The van der Waals surface area contributed by atoms with Gasteiger partial charge < -0.3 is 0 Å². The van der Waals surface area contributed by atoms with Crippen molar-refractivity contribution in [2.75, 3.05) is 11.5 Å². The fraction of sp³-hybridized carbons (Fsp3) is 0.294. The van der Waals surface area contributed by atoms with E-state index in [9.17, 15) is 16.8 Å². The highest BCUT2D eigenvalue weighted by Gasteiger charge is 2.18. The van der Waals surface area contributed by atoms with Gasteiger partial charge in [0.1, 0.15) is 0 Å². The monoisotopic (exact) mass is 352 g/mol. The second-order valence-corrected chi connectivity index (χ2v) is 9.84. The van der Waals surface area contributed by atoms with Crippen LogP contribution >= 0.6 is 0 Å². The van der Waals surface area contributed by atoms with E-state index in [1.165, 1.54) is 6.07 Å². The number of aryl methyl sites for hydroxylation is 2. The number of hydrogen-bond donors (Lipinski definition) is 0. The van der Waals surface area contributed by atoms with Gasteiger partial charge in [-0.3, -0.25) is 0 Å². The zero-order valence-corrected chi connectivity index (χ0v) is 14.8. The predicted octanol–water partition coefficient (Wildman–Crippen LogP) is 2.94. The van der Waals surface area contributed by atoms with Crippen LogP contribution in [0.3, 0.4) is 0 Å². The van der Waals surface area contributed by atoms with E-state index in [1.807, 2.05) is 19.9 Å². The van der Waals surface area contributed by atoms with Crippen molar-refractivity contribution in [3.63, 3.8) is 0 Å². The number of benzene rings is 2. The standard InChI is InChI=1S/C17H20O4S2/c1-14-7-9-16(10-8-14)22(18,19)11-4-12-23(20,21)17-6-3-5-15(2)13-17/h3,5-10,13H,4,11-12H2,1-2H3. The van der Waals surface area contributed by atoms with Gasteiger partial charge in [-0.05, 0) is 50.1 Å². The average molecular weight is 352 g/mol. The SMILES string of the molecule is Cc1ccc(S(=O)(=O)CCCS(=O)(=O)c2cccc(C)c2)cc1. The number of hydrogen-bond acceptors (Lipinski definition) is 4. The second kappa shape index (κ2) is 6.84. The van der Waals surface area contributed by atoms with Gasteiger partial charge in [0.25, 0.3) is 0 Å². The van der Waals surface area contributed by atoms with Crippen LogP contribution in [0.25, 0.3) is 0 Å². The molecule has 124 valence electrons. The molecule has 0 radical (unpaired) electrons. The van der Waals surface area contributed by atoms with Gasteiger partial charge in [-0.25, -0.2) is 16.8 Å². The van der Waals surface area contributed by atoms with Crippen LogP contribution in [0.2, 0.25) is 0 Å². The van der Waals surface area contributed by atoms with Crippen LogP contribution in [0, 0.1) is 13.8 Å². The van der Waals surface area contributed by atoms with E-state index in [0.29, 0.717) is 0 Å². The third-order valence-corrected chi connectivity index (χ3v) is 7.17. The molecule has 2 aromatic carbocycles. The molecule has 0 saturated heterocycles. The van der Waals surface area contributed by atoms with Crippen molar-refractivity contribution in [3.05, 3.63) is 59.7 Å². The summed E-state index contributed by atoms with van der Waals surface area (Å²) in [7, 11) is -6.91. The van der Waals surface area contributed by atoms with Crippen LogP contribution in [-0.4, -0.2) is 28.3 Å². The molecule has 2 aromatic rings. The summed E-state index contributed by atoms with van der Waals surface area (Å²) in [4.78, 5) is 0.473. The fourth-order valence-corrected chi connectivity index (χ4v) is 5.13. The van der Waals surface area contributed by atoms with Crippen molar-refractivity contribution in [2.45, 2.75) is 30.1 Å². The highest BCUT2D eigenvalue weighted by molar-refractivity contribution is 7.92. The molecule has 0 atom stereocenters. The normalized spacial score (nSPS) is 12.3. The van der Waals surface area contributed by atoms with Crippen LogP contribution < -0.4 is 0 Å². The van der Waals surface area contributed by atoms with Gasteiger partial charge in [0.15, 0.2) is 19.7 Å². The first-order valence-corrected chi connectivity index (χ1v) is 10.6. The molecule has 0 N–H and O–H groups in total. The Labute approximate surface area is 138 Å². The number of rotatable bonds is 6. The van der Waals surface area contributed by atoms with Gasteiger partial charge in [0, 0.05) is 0 Å². The Morgan fingerprint density at radius 1 is 0.696 bits per heavy atom. The minimum atomic E-state index is -3.46. The lowest BCUT2D eigenvalue weighted by Crippen LogP contribution is -2.13. The lowest BCUT2D eigenvalue weighted by molar-refractivity contribution is 0.590. The molecule has 0 aliphatic heterocycles. The van der Waals surface area contributed by atoms with E-state index in [2.05, 4.69) is 0 Å². The summed E-state index contributed by atoms with van der Waals surface area (Å²) < 4.78 is 49.0. The van der Waals surface area contributed by atoms with Crippen molar-refractivity contribution in [1.29, 1.82) is 0 Å². The topological polar surface area (TPSA) is 68.3 Å².